The number of H-pyrrole nitrogens is 1. The number of nitrogens with zero attached hydrogens (tertiary/aromatic N) is 7. The molecule has 4 aromatic heterocycles. The lowest BCUT2D eigenvalue weighted by Gasteiger charge is -2.34. The summed E-state index contributed by atoms with van der Waals surface area (Å²) in [6, 6.07) is 12.3. The molecule has 0 saturated carbocycles. The molecule has 1 saturated heterocycles. The highest BCUT2D eigenvalue weighted by molar-refractivity contribution is 7.89. The molecule has 5 heterocycles. The molecule has 12 nitrogen and oxygen atoms in total. The molecule has 13 heteroatoms. The third kappa shape index (κ3) is 3.88. The van der Waals surface area contributed by atoms with E-state index in [0.717, 1.165) is 10.9 Å². The zero-order valence-corrected chi connectivity index (χ0v) is 20.6. The van der Waals surface area contributed by atoms with Gasteiger partial charge in [0.05, 0.1) is 23.0 Å². The molecule has 0 radical (unpaired) electrons. The molecule has 1 aliphatic rings. The summed E-state index contributed by atoms with van der Waals surface area (Å²) in [5.41, 5.74) is 1.66. The quantitative estimate of drug-likeness (QED) is 0.377. The Balaban J connectivity index is 1.19. The summed E-state index contributed by atoms with van der Waals surface area (Å²) in [5.74, 6) is -0.0808. The van der Waals surface area contributed by atoms with E-state index >= 15 is 0 Å². The summed E-state index contributed by atoms with van der Waals surface area (Å²) in [4.78, 5) is 34.3. The van der Waals surface area contributed by atoms with Crippen molar-refractivity contribution in [1.82, 2.24) is 38.6 Å². The Hall–Kier alpha value is -4.36. The largest absolute Gasteiger partial charge is 0.336 e. The van der Waals surface area contributed by atoms with Crippen molar-refractivity contribution in [3.05, 3.63) is 82.7 Å². The van der Waals surface area contributed by atoms with Crippen molar-refractivity contribution in [2.75, 3.05) is 26.2 Å². The molecule has 1 amide bonds. The van der Waals surface area contributed by atoms with Gasteiger partial charge in [-0.05, 0) is 31.2 Å². The van der Waals surface area contributed by atoms with Crippen molar-refractivity contribution in [2.24, 2.45) is 0 Å². The summed E-state index contributed by atoms with van der Waals surface area (Å²) in [6.07, 6.45) is 4.46. The van der Waals surface area contributed by atoms with Crippen LogP contribution < -0.4 is 5.56 Å². The van der Waals surface area contributed by atoms with Gasteiger partial charge in [0, 0.05) is 44.0 Å². The summed E-state index contributed by atoms with van der Waals surface area (Å²) < 4.78 is 30.7. The van der Waals surface area contributed by atoms with Gasteiger partial charge in [0.15, 0.2) is 0 Å². The number of carbonyl (C=O) groups excluding carboxylic acids is 1. The molecule has 1 aromatic carbocycles. The maximum absolute atomic E-state index is 13.3. The van der Waals surface area contributed by atoms with Gasteiger partial charge in [0.1, 0.15) is 10.4 Å². The van der Waals surface area contributed by atoms with Crippen LogP contribution in [0.1, 0.15) is 16.1 Å². The molecule has 1 fully saturated rings. The van der Waals surface area contributed by atoms with Gasteiger partial charge < -0.3 is 4.90 Å². The highest BCUT2D eigenvalue weighted by Gasteiger charge is 2.32. The number of hydrogen-bond donors (Lipinski definition) is 1. The monoisotopic (exact) mass is 518 g/mol. The van der Waals surface area contributed by atoms with E-state index in [1.807, 2.05) is 24.3 Å². The number of fused-ring (bicyclic) bond motifs is 2. The minimum absolute atomic E-state index is 0.129. The topological polar surface area (TPSA) is 139 Å². The fourth-order valence-corrected chi connectivity index (χ4v) is 5.91. The predicted molar refractivity (Wildman–Crippen MR) is 134 cm³/mol. The van der Waals surface area contributed by atoms with Gasteiger partial charge in [0.2, 0.25) is 16.0 Å². The maximum atomic E-state index is 13.3. The van der Waals surface area contributed by atoms with Crippen molar-refractivity contribution in [3.8, 4) is 5.95 Å². The molecule has 0 bridgehead atoms. The zero-order chi connectivity index (χ0) is 25.7. The fraction of sp³-hybridized carbons (Fsp3) is 0.208. The number of pyridine rings is 1. The van der Waals surface area contributed by atoms with Crippen LogP contribution in [0.5, 0.6) is 0 Å². The zero-order valence-electron chi connectivity index (χ0n) is 19.8. The number of amides is 1. The fourth-order valence-electron chi connectivity index (χ4n) is 4.50. The van der Waals surface area contributed by atoms with Crippen LogP contribution in [0.4, 0.5) is 0 Å². The average Bonchev–Trinajstić information content (AvgIpc) is 3.55. The Morgan fingerprint density at radius 1 is 1.03 bits per heavy atom. The molecule has 0 atom stereocenters. The van der Waals surface area contributed by atoms with E-state index in [2.05, 4.69) is 20.2 Å². The summed E-state index contributed by atoms with van der Waals surface area (Å²) in [7, 11) is -3.75. The SMILES string of the molecule is Cc1c(C(=O)N2CCN(S(=O)(=O)c3cnc4ccccc4c3)CC2)cnn1-c1nn2cccc2c(=O)[nH]1. The van der Waals surface area contributed by atoms with E-state index in [0.29, 0.717) is 16.8 Å². The van der Waals surface area contributed by atoms with E-state index in [1.165, 1.54) is 25.9 Å². The Bertz CT molecular complexity index is 1830. The Kier molecular flexibility index (Phi) is 5.38. The van der Waals surface area contributed by atoms with Crippen LogP contribution in [-0.4, -0.2) is 79.1 Å². The van der Waals surface area contributed by atoms with Gasteiger partial charge in [-0.15, -0.1) is 5.10 Å². The molecule has 188 valence electrons. The summed E-state index contributed by atoms with van der Waals surface area (Å²) in [5, 5.41) is 9.36. The Morgan fingerprint density at radius 2 is 1.81 bits per heavy atom. The van der Waals surface area contributed by atoms with Crippen molar-refractivity contribution in [2.45, 2.75) is 11.8 Å². The lowest BCUT2D eigenvalue weighted by Crippen LogP contribution is -2.50. The minimum Gasteiger partial charge on any atom is -0.336 e. The van der Waals surface area contributed by atoms with Crippen molar-refractivity contribution in [3.63, 3.8) is 0 Å². The Labute approximate surface area is 210 Å². The molecule has 5 aromatic rings. The number of para-hydroxylation sites is 1. The number of carbonyl (C=O) groups is 1. The lowest BCUT2D eigenvalue weighted by atomic mass is 10.2. The van der Waals surface area contributed by atoms with Crippen LogP contribution in [0.15, 0.2) is 70.7 Å². The molecule has 0 aliphatic carbocycles. The molecular weight excluding hydrogens is 496 g/mol. The van der Waals surface area contributed by atoms with E-state index < -0.39 is 10.0 Å². The molecule has 1 N–H and O–H groups in total. The van der Waals surface area contributed by atoms with E-state index in [1.54, 1.807) is 36.2 Å². The predicted octanol–water partition coefficient (Wildman–Crippen LogP) is 1.21. The number of sulfonamides is 1. The van der Waals surface area contributed by atoms with E-state index in [-0.39, 0.29) is 48.5 Å². The molecule has 0 spiro atoms. The summed E-state index contributed by atoms with van der Waals surface area (Å²) in [6.45, 7) is 2.50. The second-order valence-electron chi connectivity index (χ2n) is 8.73. The van der Waals surface area contributed by atoms with E-state index in [9.17, 15) is 18.0 Å². The van der Waals surface area contributed by atoms with Crippen LogP contribution in [0.25, 0.3) is 22.4 Å². The molecule has 37 heavy (non-hydrogen) atoms. The van der Waals surface area contributed by atoms with Crippen molar-refractivity contribution in [1.29, 1.82) is 0 Å². The van der Waals surface area contributed by atoms with Crippen LogP contribution in [0.3, 0.4) is 0 Å². The minimum atomic E-state index is -3.75. The van der Waals surface area contributed by atoms with Crippen LogP contribution in [0.2, 0.25) is 0 Å². The first kappa shape index (κ1) is 23.1. The second kappa shape index (κ2) is 8.64. The number of aromatic amines is 1. The second-order valence-corrected chi connectivity index (χ2v) is 10.7. The number of hydrogen-bond acceptors (Lipinski definition) is 7. The molecule has 1 aliphatic heterocycles. The first-order valence-corrected chi connectivity index (χ1v) is 13.0. The lowest BCUT2D eigenvalue weighted by molar-refractivity contribution is 0.0697. The normalized spacial score (nSPS) is 15.0. The van der Waals surface area contributed by atoms with Gasteiger partial charge in [-0.1, -0.05) is 18.2 Å². The van der Waals surface area contributed by atoms with Gasteiger partial charge in [-0.25, -0.2) is 17.6 Å². The summed E-state index contributed by atoms with van der Waals surface area (Å²) >= 11 is 0. The number of piperazine rings is 1. The van der Waals surface area contributed by atoms with Crippen molar-refractivity contribution >= 4 is 32.4 Å². The molecule has 6 rings (SSSR count). The molecule has 0 unspecified atom stereocenters. The smallest absolute Gasteiger partial charge is 0.276 e. The van der Waals surface area contributed by atoms with Gasteiger partial charge in [-0.3, -0.25) is 19.6 Å². The van der Waals surface area contributed by atoms with Crippen LogP contribution in [-0.2, 0) is 10.0 Å². The van der Waals surface area contributed by atoms with E-state index in [4.69, 9.17) is 0 Å². The van der Waals surface area contributed by atoms with Crippen LogP contribution >= 0.6 is 0 Å². The highest BCUT2D eigenvalue weighted by Crippen LogP contribution is 2.22. The highest BCUT2D eigenvalue weighted by atomic mass is 32.2. The number of aromatic nitrogens is 6. The third-order valence-corrected chi connectivity index (χ3v) is 8.42. The molecular formula is C24H22N8O4S. The van der Waals surface area contributed by atoms with Gasteiger partial charge in [0.25, 0.3) is 11.5 Å². The Morgan fingerprint density at radius 3 is 2.62 bits per heavy atom. The number of rotatable bonds is 4. The average molecular weight is 519 g/mol. The standard InChI is InChI=1S/C24H22N8O4S/c1-16-19(15-26-32(16)24-27-22(33)21-7-4-8-31(21)28-24)23(34)29-9-11-30(12-10-29)37(35,36)18-13-17-5-2-3-6-20(17)25-14-18/h2-8,13-15H,9-12H2,1H3,(H,27,28,33). The number of benzene rings is 1. The number of nitrogens with one attached hydrogen (secondary N) is 1. The first-order valence-electron chi connectivity index (χ1n) is 11.6. The maximum Gasteiger partial charge on any atom is 0.276 e. The first-order chi connectivity index (χ1) is 17.8. The van der Waals surface area contributed by atoms with Gasteiger partial charge in [-0.2, -0.15) is 9.40 Å². The van der Waals surface area contributed by atoms with Gasteiger partial charge >= 0.3 is 0 Å². The van der Waals surface area contributed by atoms with Crippen molar-refractivity contribution < 1.29 is 13.2 Å². The third-order valence-electron chi connectivity index (χ3n) is 6.56. The van der Waals surface area contributed by atoms with Crippen LogP contribution in [0, 0.1) is 6.92 Å².